The number of halogens is 1. The fourth-order valence-corrected chi connectivity index (χ4v) is 3.23. The predicted octanol–water partition coefficient (Wildman–Crippen LogP) is 2.81. The first-order valence-electron chi connectivity index (χ1n) is 7.46. The molecule has 0 radical (unpaired) electrons. The number of benzene rings is 1. The summed E-state index contributed by atoms with van der Waals surface area (Å²) in [7, 11) is 0. The minimum Gasteiger partial charge on any atom is -0.341 e. The molecular weight excluding hydrogens is 320 g/mol. The number of hydrogen-bond donors (Lipinski definition) is 1. The van der Waals surface area contributed by atoms with Gasteiger partial charge in [-0.2, -0.15) is 11.8 Å². The minimum absolute atomic E-state index is 0.0203. The fourth-order valence-electron chi connectivity index (χ4n) is 2.53. The van der Waals surface area contributed by atoms with Gasteiger partial charge in [-0.15, -0.1) is 0 Å². The highest BCUT2D eigenvalue weighted by Crippen LogP contribution is 2.16. The van der Waals surface area contributed by atoms with Crippen molar-refractivity contribution in [3.63, 3.8) is 0 Å². The molecule has 2 rings (SSSR count). The van der Waals surface area contributed by atoms with E-state index in [0.29, 0.717) is 17.0 Å². The summed E-state index contributed by atoms with van der Waals surface area (Å²) in [5, 5.41) is 3.26. The quantitative estimate of drug-likeness (QED) is 0.866. The van der Waals surface area contributed by atoms with Crippen molar-refractivity contribution in [1.29, 1.82) is 0 Å². The average molecular weight is 341 g/mol. The Hall–Kier alpha value is -1.20. The number of amides is 2. The molecule has 1 heterocycles. The van der Waals surface area contributed by atoms with E-state index in [0.717, 1.165) is 31.7 Å². The summed E-state index contributed by atoms with van der Waals surface area (Å²) in [6, 6.07) is 6.41. The van der Waals surface area contributed by atoms with E-state index >= 15 is 0 Å². The van der Waals surface area contributed by atoms with Crippen molar-refractivity contribution in [3.05, 3.63) is 34.9 Å². The van der Waals surface area contributed by atoms with Crippen LogP contribution < -0.4 is 5.32 Å². The third-order valence-electron chi connectivity index (χ3n) is 3.75. The molecule has 0 aromatic heterocycles. The number of thioether (sulfide) groups is 1. The van der Waals surface area contributed by atoms with Crippen molar-refractivity contribution < 1.29 is 9.59 Å². The molecule has 0 spiro atoms. The van der Waals surface area contributed by atoms with Crippen LogP contribution in [0.1, 0.15) is 29.6 Å². The number of likely N-dealkylation sites (tertiary alicyclic amines) is 1. The van der Waals surface area contributed by atoms with Crippen LogP contribution in [0.3, 0.4) is 0 Å². The van der Waals surface area contributed by atoms with Crippen LogP contribution in [-0.2, 0) is 4.79 Å². The van der Waals surface area contributed by atoms with E-state index in [1.165, 1.54) is 0 Å². The summed E-state index contributed by atoms with van der Waals surface area (Å²) in [6.45, 7) is 1.58. The van der Waals surface area contributed by atoms with Crippen molar-refractivity contribution in [2.24, 2.45) is 0 Å². The molecule has 1 aromatic rings. The molecule has 0 aliphatic carbocycles. The molecule has 6 heteroatoms. The molecule has 1 aliphatic heterocycles. The van der Waals surface area contributed by atoms with Crippen LogP contribution in [0.4, 0.5) is 0 Å². The van der Waals surface area contributed by atoms with Gasteiger partial charge >= 0.3 is 0 Å². The summed E-state index contributed by atoms with van der Waals surface area (Å²) < 4.78 is 0. The van der Waals surface area contributed by atoms with Crippen LogP contribution in [0.15, 0.2) is 24.3 Å². The van der Waals surface area contributed by atoms with E-state index in [4.69, 9.17) is 11.6 Å². The highest BCUT2D eigenvalue weighted by atomic mass is 35.5. The molecule has 1 N–H and O–H groups in total. The van der Waals surface area contributed by atoms with Crippen molar-refractivity contribution in [1.82, 2.24) is 10.2 Å². The second-order valence-corrected chi connectivity index (χ2v) is 6.71. The Bertz CT molecular complexity index is 533. The van der Waals surface area contributed by atoms with Gasteiger partial charge in [-0.05, 0) is 43.4 Å². The van der Waals surface area contributed by atoms with E-state index < -0.39 is 6.04 Å². The second kappa shape index (κ2) is 8.44. The highest BCUT2D eigenvalue weighted by molar-refractivity contribution is 7.98. The molecule has 1 saturated heterocycles. The van der Waals surface area contributed by atoms with Crippen molar-refractivity contribution >= 4 is 35.2 Å². The van der Waals surface area contributed by atoms with Crippen molar-refractivity contribution in [3.8, 4) is 0 Å². The van der Waals surface area contributed by atoms with Gasteiger partial charge in [-0.3, -0.25) is 9.59 Å². The summed E-state index contributed by atoms with van der Waals surface area (Å²) in [5.74, 6) is 0.559. The normalized spacial score (nSPS) is 15.6. The van der Waals surface area contributed by atoms with E-state index in [1.54, 1.807) is 36.0 Å². The number of hydrogen-bond acceptors (Lipinski definition) is 3. The lowest BCUT2D eigenvalue weighted by molar-refractivity contribution is -0.132. The van der Waals surface area contributed by atoms with Crippen LogP contribution in [0.2, 0.25) is 5.02 Å². The van der Waals surface area contributed by atoms with Gasteiger partial charge in [0.25, 0.3) is 5.91 Å². The molecule has 22 heavy (non-hydrogen) atoms. The third kappa shape index (κ3) is 4.40. The maximum atomic E-state index is 12.6. The summed E-state index contributed by atoms with van der Waals surface area (Å²) in [6.07, 6.45) is 4.71. The molecule has 0 saturated carbocycles. The maximum absolute atomic E-state index is 12.6. The Labute approximate surface area is 140 Å². The summed E-state index contributed by atoms with van der Waals surface area (Å²) >= 11 is 7.72. The lowest BCUT2D eigenvalue weighted by Gasteiger charge is -2.24. The van der Waals surface area contributed by atoms with Gasteiger partial charge in [-0.25, -0.2) is 0 Å². The Balaban J connectivity index is 2.07. The van der Waals surface area contributed by atoms with Gasteiger partial charge in [0.05, 0.1) is 10.6 Å². The molecule has 4 nitrogen and oxygen atoms in total. The maximum Gasteiger partial charge on any atom is 0.253 e. The molecule has 120 valence electrons. The van der Waals surface area contributed by atoms with Crippen molar-refractivity contribution in [2.75, 3.05) is 25.1 Å². The van der Waals surface area contributed by atoms with E-state index in [2.05, 4.69) is 5.32 Å². The predicted molar refractivity (Wildman–Crippen MR) is 91.5 cm³/mol. The highest BCUT2D eigenvalue weighted by Gasteiger charge is 2.28. The second-order valence-electron chi connectivity index (χ2n) is 5.32. The monoisotopic (exact) mass is 340 g/mol. The molecule has 1 aliphatic rings. The molecule has 0 unspecified atom stereocenters. The lowest BCUT2D eigenvalue weighted by Crippen LogP contribution is -2.48. The van der Waals surface area contributed by atoms with Crippen molar-refractivity contribution in [2.45, 2.75) is 25.3 Å². The zero-order chi connectivity index (χ0) is 15.9. The fraction of sp³-hybridized carbons (Fsp3) is 0.500. The van der Waals surface area contributed by atoms with Gasteiger partial charge < -0.3 is 10.2 Å². The topological polar surface area (TPSA) is 49.4 Å². The van der Waals surface area contributed by atoms with Crippen LogP contribution in [0, 0.1) is 0 Å². The first kappa shape index (κ1) is 17.2. The Morgan fingerprint density at radius 3 is 2.64 bits per heavy atom. The number of carbonyl (C=O) groups is 2. The lowest BCUT2D eigenvalue weighted by atomic mass is 10.1. The zero-order valence-corrected chi connectivity index (χ0v) is 14.3. The van der Waals surface area contributed by atoms with Gasteiger partial charge in [0, 0.05) is 13.1 Å². The van der Waals surface area contributed by atoms with Crippen LogP contribution >= 0.6 is 23.4 Å². The molecular formula is C16H21ClN2O2S. The Morgan fingerprint density at radius 2 is 2.00 bits per heavy atom. The first-order chi connectivity index (χ1) is 10.6. The third-order valence-corrected chi connectivity index (χ3v) is 4.72. The summed E-state index contributed by atoms with van der Waals surface area (Å²) in [4.78, 5) is 26.8. The zero-order valence-electron chi connectivity index (χ0n) is 12.7. The molecule has 1 atom stereocenters. The number of nitrogens with zero attached hydrogens (tertiary/aromatic N) is 1. The molecule has 2 amide bonds. The standard InChI is InChI=1S/C16H21ClN2O2S/c1-22-11-8-14(16(21)19-9-4-5-10-19)18-15(20)12-6-2-3-7-13(12)17/h2-3,6-7,14H,4-5,8-11H2,1H3,(H,18,20)/t14-/m1/s1. The SMILES string of the molecule is CSCC[C@@H](NC(=O)c1ccccc1Cl)C(=O)N1CCCC1. The minimum atomic E-state index is -0.477. The van der Waals surface area contributed by atoms with E-state index in [1.807, 2.05) is 11.2 Å². The van der Waals surface area contributed by atoms with Crippen LogP contribution in [-0.4, -0.2) is 47.9 Å². The Kier molecular flexibility index (Phi) is 6.58. The molecule has 1 fully saturated rings. The number of nitrogens with one attached hydrogen (secondary N) is 1. The summed E-state index contributed by atoms with van der Waals surface area (Å²) in [5.41, 5.74) is 0.410. The van der Waals surface area contributed by atoms with E-state index in [-0.39, 0.29) is 11.8 Å². The van der Waals surface area contributed by atoms with Gasteiger partial charge in [0.2, 0.25) is 5.91 Å². The largest absolute Gasteiger partial charge is 0.341 e. The number of rotatable bonds is 6. The van der Waals surface area contributed by atoms with Gasteiger partial charge in [0.15, 0.2) is 0 Å². The molecule has 1 aromatic carbocycles. The van der Waals surface area contributed by atoms with Gasteiger partial charge in [0.1, 0.15) is 6.04 Å². The average Bonchev–Trinajstić information content (AvgIpc) is 3.05. The smallest absolute Gasteiger partial charge is 0.253 e. The van der Waals surface area contributed by atoms with Crippen LogP contribution in [0.25, 0.3) is 0 Å². The van der Waals surface area contributed by atoms with Crippen LogP contribution in [0.5, 0.6) is 0 Å². The van der Waals surface area contributed by atoms with Gasteiger partial charge in [-0.1, -0.05) is 23.7 Å². The number of carbonyl (C=O) groups excluding carboxylic acids is 2. The molecule has 0 bridgehead atoms. The van der Waals surface area contributed by atoms with E-state index in [9.17, 15) is 9.59 Å². The Morgan fingerprint density at radius 1 is 1.32 bits per heavy atom. The first-order valence-corrected chi connectivity index (χ1v) is 9.23.